The molecule has 11 heteroatoms. The minimum Gasteiger partial charge on any atom is -0.481 e. The minimum absolute atomic E-state index is 0.00608. The van der Waals surface area contributed by atoms with Crippen molar-refractivity contribution in [2.24, 2.45) is 5.16 Å². The van der Waals surface area contributed by atoms with Crippen molar-refractivity contribution in [1.29, 1.82) is 0 Å². The molecule has 1 atom stereocenters. The monoisotopic (exact) mass is 558 g/mol. The first kappa shape index (κ1) is 26.3. The lowest BCUT2D eigenvalue weighted by molar-refractivity contribution is -0.137. The molecule has 3 heterocycles. The maximum absolute atomic E-state index is 13.6. The zero-order valence-electron chi connectivity index (χ0n) is 21.9. The molecule has 6 rings (SSSR count). The van der Waals surface area contributed by atoms with Gasteiger partial charge in [-0.3, -0.25) is 14.2 Å². The summed E-state index contributed by atoms with van der Waals surface area (Å²) >= 11 is 0. The Bertz CT molecular complexity index is 1900. The third-order valence-electron chi connectivity index (χ3n) is 7.06. The molecule has 1 aliphatic heterocycles. The Morgan fingerprint density at radius 2 is 1.78 bits per heavy atom. The molecule has 0 fully saturated rings. The fraction of sp³-hybridized carbons (Fsp3) is 0.233. The molecule has 2 aromatic heterocycles. The average Bonchev–Trinajstić information content (AvgIpc) is 3.56. The summed E-state index contributed by atoms with van der Waals surface area (Å²) in [5, 5.41) is 13.6. The molecule has 0 spiro atoms. The van der Waals surface area contributed by atoms with Gasteiger partial charge in [-0.2, -0.15) is 0 Å². The summed E-state index contributed by atoms with van der Waals surface area (Å²) in [6, 6.07) is 14.8. The van der Waals surface area contributed by atoms with Gasteiger partial charge in [-0.15, -0.1) is 0 Å². The third kappa shape index (κ3) is 5.06. The van der Waals surface area contributed by atoms with E-state index in [1.165, 1.54) is 47.0 Å². The predicted octanol–water partition coefficient (Wildman–Crippen LogP) is 5.64. The van der Waals surface area contributed by atoms with Crippen LogP contribution in [0.5, 0.6) is 0 Å². The van der Waals surface area contributed by atoms with E-state index >= 15 is 0 Å². The molecular weight excluding hydrogens is 534 g/mol. The number of aromatic nitrogens is 3. The number of aliphatic carboxylic acids is 1. The number of carbonyl (C=O) groups is 1. The molecule has 1 unspecified atom stereocenters. The predicted molar refractivity (Wildman–Crippen MR) is 146 cm³/mol. The van der Waals surface area contributed by atoms with Crippen molar-refractivity contribution >= 4 is 33.7 Å². The van der Waals surface area contributed by atoms with Gasteiger partial charge in [0.1, 0.15) is 23.0 Å². The van der Waals surface area contributed by atoms with E-state index in [0.29, 0.717) is 70.5 Å². The Morgan fingerprint density at radius 1 is 1.00 bits per heavy atom. The van der Waals surface area contributed by atoms with Gasteiger partial charge in [0.05, 0.1) is 22.3 Å². The SMILES string of the molecule is CC1(c2nc3cc(F)ccc3o2)CC(c2ccc3c(=O)n(-c4ccc(F)cc4)c(CCCCC(=O)O)nc3c2)=NO1. The van der Waals surface area contributed by atoms with Gasteiger partial charge in [0.25, 0.3) is 5.56 Å². The number of carboxylic acids is 1. The van der Waals surface area contributed by atoms with E-state index in [1.807, 2.05) is 0 Å². The van der Waals surface area contributed by atoms with Crippen LogP contribution in [0.25, 0.3) is 27.7 Å². The number of carboxylic acid groups (broad SMARTS) is 1. The van der Waals surface area contributed by atoms with Gasteiger partial charge in [0, 0.05) is 30.9 Å². The van der Waals surface area contributed by atoms with E-state index in [9.17, 15) is 18.4 Å². The summed E-state index contributed by atoms with van der Waals surface area (Å²) in [6.07, 6.45) is 1.58. The molecule has 9 nitrogen and oxygen atoms in total. The molecule has 1 N–H and O–H groups in total. The number of halogens is 2. The van der Waals surface area contributed by atoms with Gasteiger partial charge in [-0.05, 0) is 68.3 Å². The minimum atomic E-state index is -1.02. The number of oxazole rings is 1. The van der Waals surface area contributed by atoms with Crippen LogP contribution in [0.15, 0.2) is 75.0 Å². The van der Waals surface area contributed by atoms with Gasteiger partial charge in [0.2, 0.25) is 11.5 Å². The highest BCUT2D eigenvalue weighted by atomic mass is 19.1. The molecule has 0 saturated heterocycles. The van der Waals surface area contributed by atoms with Gasteiger partial charge in [0.15, 0.2) is 5.58 Å². The summed E-state index contributed by atoms with van der Waals surface area (Å²) in [4.78, 5) is 39.5. The van der Waals surface area contributed by atoms with Gasteiger partial charge in [-0.1, -0.05) is 11.2 Å². The number of rotatable bonds is 8. The summed E-state index contributed by atoms with van der Waals surface area (Å²) < 4.78 is 34.5. The van der Waals surface area contributed by atoms with E-state index in [0.717, 1.165) is 0 Å². The zero-order valence-corrected chi connectivity index (χ0v) is 21.9. The standard InChI is InChI=1S/C30H24F2N4O5/c1-30(29-34-23-15-19(32)9-13-25(23)40-29)16-24(35-41-30)17-6-12-21-22(14-17)33-26(4-2-3-5-27(37)38)36(28(21)39)20-10-7-18(31)8-11-20/h6-15H,2-5,16H2,1H3,(H,37,38). The van der Waals surface area contributed by atoms with Crippen molar-refractivity contribution in [3.05, 3.63) is 99.9 Å². The van der Waals surface area contributed by atoms with E-state index in [-0.39, 0.29) is 17.9 Å². The largest absolute Gasteiger partial charge is 0.481 e. The molecule has 5 aromatic rings. The number of unbranched alkanes of at least 4 members (excludes halogenated alkanes) is 1. The number of nitrogens with zero attached hydrogens (tertiary/aromatic N) is 4. The Kier molecular flexibility index (Phi) is 6.56. The molecule has 208 valence electrons. The number of hydrogen-bond donors (Lipinski definition) is 1. The first-order chi connectivity index (χ1) is 19.7. The summed E-state index contributed by atoms with van der Waals surface area (Å²) in [6.45, 7) is 1.78. The van der Waals surface area contributed by atoms with Crippen LogP contribution in [0, 0.1) is 11.6 Å². The van der Waals surface area contributed by atoms with Crippen LogP contribution in [0.1, 0.15) is 49.9 Å². The van der Waals surface area contributed by atoms with E-state index in [4.69, 9.17) is 19.3 Å². The van der Waals surface area contributed by atoms with Crippen molar-refractivity contribution in [2.75, 3.05) is 0 Å². The maximum Gasteiger partial charge on any atom is 0.303 e. The summed E-state index contributed by atoms with van der Waals surface area (Å²) in [7, 11) is 0. The Hall–Kier alpha value is -4.93. The van der Waals surface area contributed by atoms with E-state index in [1.54, 1.807) is 25.1 Å². The molecule has 1 aliphatic rings. The first-order valence-corrected chi connectivity index (χ1v) is 13.1. The molecule has 0 bridgehead atoms. The van der Waals surface area contributed by atoms with E-state index in [2.05, 4.69) is 10.1 Å². The quantitative estimate of drug-likeness (QED) is 0.245. The molecule has 0 radical (unpaired) electrons. The molecule has 3 aromatic carbocycles. The Labute approximate surface area is 231 Å². The van der Waals surface area contributed by atoms with Crippen LogP contribution in [-0.2, 0) is 21.7 Å². The molecule has 0 saturated carbocycles. The second kappa shape index (κ2) is 10.2. The highest BCUT2D eigenvalue weighted by Crippen LogP contribution is 2.37. The van der Waals surface area contributed by atoms with Crippen molar-refractivity contribution < 1.29 is 27.9 Å². The van der Waals surface area contributed by atoms with Crippen LogP contribution in [0.3, 0.4) is 0 Å². The topological polar surface area (TPSA) is 120 Å². The lowest BCUT2D eigenvalue weighted by Crippen LogP contribution is -2.24. The van der Waals surface area contributed by atoms with Crippen molar-refractivity contribution in [3.8, 4) is 5.69 Å². The van der Waals surface area contributed by atoms with E-state index < -0.39 is 23.2 Å². The van der Waals surface area contributed by atoms with Crippen LogP contribution in [-0.4, -0.2) is 31.3 Å². The highest BCUT2D eigenvalue weighted by Gasteiger charge is 2.41. The lowest BCUT2D eigenvalue weighted by Gasteiger charge is -2.16. The number of fused-ring (bicyclic) bond motifs is 2. The second-order valence-electron chi connectivity index (χ2n) is 10.1. The fourth-order valence-electron chi connectivity index (χ4n) is 4.93. The smallest absolute Gasteiger partial charge is 0.303 e. The normalized spacial score (nSPS) is 16.7. The average molecular weight is 559 g/mol. The Morgan fingerprint density at radius 3 is 2.56 bits per heavy atom. The first-order valence-electron chi connectivity index (χ1n) is 13.1. The molecule has 0 aliphatic carbocycles. The molecule has 41 heavy (non-hydrogen) atoms. The Balaban J connectivity index is 1.34. The van der Waals surface area contributed by atoms with Crippen LogP contribution in [0.2, 0.25) is 0 Å². The molecular formula is C30H24F2N4O5. The van der Waals surface area contributed by atoms with Crippen LogP contribution < -0.4 is 5.56 Å². The third-order valence-corrected chi connectivity index (χ3v) is 7.06. The number of aryl methyl sites for hydroxylation is 1. The highest BCUT2D eigenvalue weighted by molar-refractivity contribution is 6.03. The van der Waals surface area contributed by atoms with Crippen molar-refractivity contribution in [1.82, 2.24) is 14.5 Å². The summed E-state index contributed by atoms with van der Waals surface area (Å²) in [5.41, 5.74) is 1.65. The van der Waals surface area contributed by atoms with Gasteiger partial charge in [-0.25, -0.2) is 18.7 Å². The zero-order chi connectivity index (χ0) is 28.7. The van der Waals surface area contributed by atoms with Gasteiger partial charge < -0.3 is 14.4 Å². The van der Waals surface area contributed by atoms with Crippen molar-refractivity contribution in [3.63, 3.8) is 0 Å². The van der Waals surface area contributed by atoms with Crippen LogP contribution in [0.4, 0.5) is 8.78 Å². The summed E-state index contributed by atoms with van der Waals surface area (Å²) in [5.74, 6) is -1.05. The number of oxime groups is 1. The fourth-order valence-corrected chi connectivity index (χ4v) is 4.93. The number of benzene rings is 3. The van der Waals surface area contributed by atoms with Crippen molar-refractivity contribution in [2.45, 2.75) is 44.6 Å². The second-order valence-corrected chi connectivity index (χ2v) is 10.1. The lowest BCUT2D eigenvalue weighted by atomic mass is 9.95. The van der Waals surface area contributed by atoms with Gasteiger partial charge >= 0.3 is 5.97 Å². The molecule has 0 amide bonds. The van der Waals surface area contributed by atoms with Crippen LogP contribution >= 0.6 is 0 Å². The number of hydrogen-bond acceptors (Lipinski definition) is 7. The maximum atomic E-state index is 13.6.